The third-order valence-corrected chi connectivity index (χ3v) is 6.50. The van der Waals surface area contributed by atoms with E-state index in [1.54, 1.807) is 13.8 Å². The van der Waals surface area contributed by atoms with E-state index in [9.17, 15) is 22.4 Å². The lowest BCUT2D eigenvalue weighted by Crippen LogP contribution is -2.25. The Bertz CT molecular complexity index is 1260. The number of halogens is 4. The monoisotopic (exact) mass is 502 g/mol. The molecule has 2 heterocycles. The predicted octanol–water partition coefficient (Wildman–Crippen LogP) is 6.24. The first-order valence-electron chi connectivity index (χ1n) is 11.5. The fourth-order valence-corrected chi connectivity index (χ4v) is 4.19. The van der Waals surface area contributed by atoms with Crippen LogP contribution in [-0.4, -0.2) is 33.9 Å². The van der Waals surface area contributed by atoms with Crippen molar-refractivity contribution >= 4 is 11.6 Å². The van der Waals surface area contributed by atoms with Crippen molar-refractivity contribution in [2.45, 2.75) is 57.0 Å². The summed E-state index contributed by atoms with van der Waals surface area (Å²) in [4.78, 5) is 26.0. The van der Waals surface area contributed by atoms with E-state index in [0.29, 0.717) is 11.5 Å². The zero-order valence-corrected chi connectivity index (χ0v) is 20.1. The minimum atomic E-state index is -2.76. The molecule has 1 saturated carbocycles. The normalized spacial score (nSPS) is 16.1. The van der Waals surface area contributed by atoms with E-state index in [2.05, 4.69) is 20.3 Å². The molecule has 1 aliphatic rings. The second-order valence-corrected chi connectivity index (χ2v) is 9.34. The first-order valence-corrected chi connectivity index (χ1v) is 11.5. The van der Waals surface area contributed by atoms with Gasteiger partial charge in [-0.3, -0.25) is 9.78 Å². The van der Waals surface area contributed by atoms with Crippen molar-refractivity contribution in [1.82, 2.24) is 15.0 Å². The van der Waals surface area contributed by atoms with Crippen molar-refractivity contribution in [1.29, 1.82) is 0 Å². The molecule has 190 valence electrons. The minimum Gasteiger partial charge on any atom is -0.371 e. The molecule has 1 aliphatic carbocycles. The molecule has 1 amide bonds. The number of nitrogens with one attached hydrogen (secondary N) is 1. The largest absolute Gasteiger partial charge is 0.371 e. The molecule has 0 aliphatic heterocycles. The van der Waals surface area contributed by atoms with Gasteiger partial charge in [-0.15, -0.1) is 0 Å². The first kappa shape index (κ1) is 25.7. The van der Waals surface area contributed by atoms with Crippen LogP contribution in [0.3, 0.4) is 0 Å². The van der Waals surface area contributed by atoms with Gasteiger partial charge in [-0.1, -0.05) is 0 Å². The summed E-state index contributed by atoms with van der Waals surface area (Å²) >= 11 is 0. The molecule has 1 fully saturated rings. The molecule has 3 aromatic rings. The van der Waals surface area contributed by atoms with Gasteiger partial charge in [0.25, 0.3) is 5.91 Å². The Morgan fingerprint density at radius 3 is 2.36 bits per heavy atom. The molecule has 0 spiro atoms. The number of hydrogen-bond acceptors (Lipinski definition) is 5. The van der Waals surface area contributed by atoms with Crippen molar-refractivity contribution in [3.8, 4) is 11.1 Å². The van der Waals surface area contributed by atoms with Crippen LogP contribution < -0.4 is 5.32 Å². The lowest BCUT2D eigenvalue weighted by molar-refractivity contribution is -0.0384. The Morgan fingerprint density at radius 2 is 1.72 bits per heavy atom. The average Bonchev–Trinajstić information content (AvgIpc) is 2.86. The van der Waals surface area contributed by atoms with Crippen molar-refractivity contribution in [3.63, 3.8) is 0 Å². The number of amides is 1. The van der Waals surface area contributed by atoms with Crippen LogP contribution in [-0.2, 0) is 10.3 Å². The highest BCUT2D eigenvalue weighted by Gasteiger charge is 2.37. The number of methoxy groups -OCH3 is 1. The molecular formula is C26H26F4N4O2. The number of nitrogens with zero attached hydrogens (tertiary/aromatic N) is 3. The molecule has 0 atom stereocenters. The standard InChI is InChI=1S/C26H26F4N4O2/c1-25(2,36-3)24-32-13-16(14-33-24)23(35)34-22-18(19-12-17(27)4-5-20(19)28)8-11-31-21(22)15-6-9-26(29,30)10-7-15/h4-5,8,11-15H,6-7,9-10H2,1-3H3,(H,34,35). The first-order chi connectivity index (χ1) is 17.0. The summed E-state index contributed by atoms with van der Waals surface area (Å²) in [7, 11) is 1.52. The lowest BCUT2D eigenvalue weighted by atomic mass is 9.83. The molecular weight excluding hydrogens is 476 g/mol. The Hall–Kier alpha value is -3.40. The predicted molar refractivity (Wildman–Crippen MR) is 126 cm³/mol. The Balaban J connectivity index is 1.74. The van der Waals surface area contributed by atoms with Gasteiger partial charge in [0, 0.05) is 55.6 Å². The SMILES string of the molecule is COC(C)(C)c1ncc(C(=O)Nc2c(-c3cc(F)ccc3F)ccnc2C2CCC(F)(F)CC2)cn1. The number of anilines is 1. The van der Waals surface area contributed by atoms with Crippen LogP contribution in [0, 0.1) is 11.6 Å². The Morgan fingerprint density at radius 1 is 1.06 bits per heavy atom. The number of alkyl halides is 2. The van der Waals surface area contributed by atoms with Crippen molar-refractivity contribution in [2.24, 2.45) is 0 Å². The second kappa shape index (κ2) is 9.93. The van der Waals surface area contributed by atoms with E-state index in [0.717, 1.165) is 18.2 Å². The van der Waals surface area contributed by atoms with Crippen molar-refractivity contribution < 1.29 is 27.1 Å². The summed E-state index contributed by atoms with van der Waals surface area (Å²) in [5.74, 6) is -4.75. The second-order valence-electron chi connectivity index (χ2n) is 9.34. The number of hydrogen-bond donors (Lipinski definition) is 1. The number of benzene rings is 1. The van der Waals surface area contributed by atoms with E-state index < -0.39 is 35.0 Å². The van der Waals surface area contributed by atoms with Crippen molar-refractivity contribution in [2.75, 3.05) is 12.4 Å². The Labute approximate surface area is 206 Å². The summed E-state index contributed by atoms with van der Waals surface area (Å²) in [6.45, 7) is 3.55. The van der Waals surface area contributed by atoms with E-state index in [4.69, 9.17) is 4.74 Å². The Kier molecular flexibility index (Phi) is 7.08. The van der Waals surface area contributed by atoms with E-state index in [-0.39, 0.29) is 48.1 Å². The third kappa shape index (κ3) is 5.38. The van der Waals surface area contributed by atoms with Crippen LogP contribution in [0.1, 0.15) is 67.3 Å². The van der Waals surface area contributed by atoms with E-state index in [1.807, 2.05) is 0 Å². The highest BCUT2D eigenvalue weighted by atomic mass is 19.3. The maximum Gasteiger partial charge on any atom is 0.258 e. The molecule has 10 heteroatoms. The van der Waals surface area contributed by atoms with Crippen LogP contribution in [0.2, 0.25) is 0 Å². The van der Waals surface area contributed by atoms with Gasteiger partial charge in [0.2, 0.25) is 5.92 Å². The molecule has 0 radical (unpaired) electrons. The highest BCUT2D eigenvalue weighted by Crippen LogP contribution is 2.44. The zero-order chi connectivity index (χ0) is 26.1. The molecule has 1 N–H and O–H groups in total. The van der Waals surface area contributed by atoms with Gasteiger partial charge in [-0.25, -0.2) is 27.5 Å². The average molecular weight is 503 g/mol. The van der Waals surface area contributed by atoms with Gasteiger partial charge in [0.1, 0.15) is 17.2 Å². The highest BCUT2D eigenvalue weighted by molar-refractivity contribution is 6.06. The topological polar surface area (TPSA) is 77.0 Å². The summed E-state index contributed by atoms with van der Waals surface area (Å²) < 4.78 is 61.7. The van der Waals surface area contributed by atoms with E-state index in [1.165, 1.54) is 31.8 Å². The molecule has 6 nitrogen and oxygen atoms in total. The molecule has 2 aromatic heterocycles. The summed E-state index contributed by atoms with van der Waals surface area (Å²) in [6, 6.07) is 4.45. The molecule has 0 saturated heterocycles. The van der Waals surface area contributed by atoms with Crippen LogP contribution >= 0.6 is 0 Å². The van der Waals surface area contributed by atoms with E-state index >= 15 is 0 Å². The quantitative estimate of drug-likeness (QED) is 0.404. The van der Waals surface area contributed by atoms with Crippen LogP contribution in [0.25, 0.3) is 11.1 Å². The maximum absolute atomic E-state index is 14.7. The summed E-state index contributed by atoms with van der Waals surface area (Å²) in [5.41, 5.74) is -0.0523. The van der Waals surface area contributed by atoms with Crippen LogP contribution in [0.15, 0.2) is 42.9 Å². The minimum absolute atomic E-state index is 0.0801. The molecule has 36 heavy (non-hydrogen) atoms. The van der Waals surface area contributed by atoms with Crippen LogP contribution in [0.5, 0.6) is 0 Å². The third-order valence-electron chi connectivity index (χ3n) is 6.50. The number of pyridine rings is 1. The number of carbonyl (C=O) groups excluding carboxylic acids is 1. The van der Waals surface area contributed by atoms with Gasteiger partial charge < -0.3 is 10.1 Å². The van der Waals surface area contributed by atoms with Gasteiger partial charge in [-0.05, 0) is 51.0 Å². The van der Waals surface area contributed by atoms with Gasteiger partial charge in [-0.2, -0.15) is 0 Å². The smallest absolute Gasteiger partial charge is 0.258 e. The number of rotatable bonds is 6. The summed E-state index contributed by atoms with van der Waals surface area (Å²) in [6.07, 6.45) is 3.70. The number of aromatic nitrogens is 3. The van der Waals surface area contributed by atoms with Gasteiger partial charge in [0.05, 0.1) is 16.9 Å². The zero-order valence-electron chi connectivity index (χ0n) is 20.1. The van der Waals surface area contributed by atoms with Gasteiger partial charge >= 0.3 is 0 Å². The molecule has 0 bridgehead atoms. The summed E-state index contributed by atoms with van der Waals surface area (Å²) in [5, 5.41) is 2.74. The molecule has 0 unspecified atom stereocenters. The number of ether oxygens (including phenoxy) is 1. The fourth-order valence-electron chi connectivity index (χ4n) is 4.19. The maximum atomic E-state index is 14.7. The fraction of sp³-hybridized carbons (Fsp3) is 0.385. The van der Waals surface area contributed by atoms with Crippen molar-refractivity contribution in [3.05, 3.63) is 71.6 Å². The number of carbonyl (C=O) groups is 1. The van der Waals surface area contributed by atoms with Crippen LogP contribution in [0.4, 0.5) is 23.2 Å². The molecule has 4 rings (SSSR count). The lowest BCUT2D eigenvalue weighted by Gasteiger charge is -2.29. The van der Waals surface area contributed by atoms with Gasteiger partial charge in [0.15, 0.2) is 5.82 Å². The molecule has 1 aromatic carbocycles.